The van der Waals surface area contributed by atoms with Gasteiger partial charge in [-0.15, -0.1) is 0 Å². The van der Waals surface area contributed by atoms with Crippen molar-refractivity contribution in [3.8, 4) is 55.9 Å². The molecule has 0 radical (unpaired) electrons. The molecule has 59 heavy (non-hydrogen) atoms. The van der Waals surface area contributed by atoms with Gasteiger partial charge in [-0.1, -0.05) is 147 Å². The first-order valence-corrected chi connectivity index (χ1v) is 20.6. The van der Waals surface area contributed by atoms with Crippen LogP contribution in [0.3, 0.4) is 0 Å². The number of rotatable bonds is 5. The van der Waals surface area contributed by atoms with Crippen molar-refractivity contribution < 1.29 is 0 Å². The second kappa shape index (κ2) is 12.8. The molecular weight excluding hydrogens is 713 g/mol. The Balaban J connectivity index is 0.995. The van der Waals surface area contributed by atoms with Crippen LogP contribution in [0.4, 0.5) is 0 Å². The van der Waals surface area contributed by atoms with Crippen molar-refractivity contribution >= 4 is 43.6 Å². The van der Waals surface area contributed by atoms with Crippen LogP contribution < -0.4 is 0 Å². The predicted octanol–water partition coefficient (Wildman–Crippen LogP) is 15.2. The van der Waals surface area contributed by atoms with Gasteiger partial charge in [-0.25, -0.2) is 0 Å². The predicted molar refractivity (Wildman–Crippen MR) is 249 cm³/mol. The Morgan fingerprint density at radius 3 is 1.10 bits per heavy atom. The van der Waals surface area contributed by atoms with Gasteiger partial charge in [-0.05, 0) is 128 Å². The lowest BCUT2D eigenvalue weighted by molar-refractivity contribution is 0.660. The summed E-state index contributed by atoms with van der Waals surface area (Å²) in [5.74, 6) is 0. The molecule has 2 aromatic heterocycles. The molecule has 0 fully saturated rings. The lowest BCUT2D eigenvalue weighted by Gasteiger charge is -2.22. The Kier molecular flexibility index (Phi) is 7.31. The van der Waals surface area contributed by atoms with Crippen molar-refractivity contribution in [3.63, 3.8) is 0 Å². The molecule has 1 aliphatic carbocycles. The average Bonchev–Trinajstić information content (AvgIpc) is 3.89. The number of hydrogen-bond acceptors (Lipinski definition) is 0. The molecule has 278 valence electrons. The van der Waals surface area contributed by atoms with E-state index in [0.29, 0.717) is 0 Å². The van der Waals surface area contributed by atoms with Gasteiger partial charge in [-0.3, -0.25) is 0 Å². The maximum atomic E-state index is 2.44. The molecule has 0 spiro atoms. The molecule has 0 saturated heterocycles. The molecule has 0 atom stereocenters. The van der Waals surface area contributed by atoms with E-state index in [2.05, 4.69) is 229 Å². The fourth-order valence-corrected chi connectivity index (χ4v) is 10.0. The monoisotopic (exact) mass is 752 g/mol. The summed E-state index contributed by atoms with van der Waals surface area (Å²) < 4.78 is 4.78. The normalized spacial score (nSPS) is 13.1. The van der Waals surface area contributed by atoms with Gasteiger partial charge in [0.05, 0.1) is 22.1 Å². The fraction of sp³-hybridized carbons (Fsp3) is 0.0526. The summed E-state index contributed by atoms with van der Waals surface area (Å²) in [5.41, 5.74) is 19.8. The summed E-state index contributed by atoms with van der Waals surface area (Å²) in [6.07, 6.45) is 0. The van der Waals surface area contributed by atoms with Gasteiger partial charge in [0.15, 0.2) is 0 Å². The number of aromatic nitrogens is 2. The molecule has 0 N–H and O–H groups in total. The molecule has 0 aliphatic heterocycles. The van der Waals surface area contributed by atoms with E-state index in [1.165, 1.54) is 99.2 Å². The number of benzene rings is 9. The van der Waals surface area contributed by atoms with Crippen LogP contribution in [-0.2, 0) is 5.41 Å². The lowest BCUT2D eigenvalue weighted by atomic mass is 9.81. The molecular formula is C57H40N2. The van der Waals surface area contributed by atoms with Crippen LogP contribution in [0.5, 0.6) is 0 Å². The smallest absolute Gasteiger partial charge is 0.0541 e. The van der Waals surface area contributed by atoms with Crippen molar-refractivity contribution in [1.82, 2.24) is 9.13 Å². The Labute approximate surface area is 343 Å². The minimum Gasteiger partial charge on any atom is -0.309 e. The maximum absolute atomic E-state index is 2.44. The van der Waals surface area contributed by atoms with Crippen LogP contribution in [0, 0.1) is 0 Å². The van der Waals surface area contributed by atoms with Crippen LogP contribution in [0.15, 0.2) is 206 Å². The molecule has 1 aliphatic rings. The molecule has 2 heterocycles. The number of fused-ring (bicyclic) bond motifs is 9. The van der Waals surface area contributed by atoms with Gasteiger partial charge in [0.25, 0.3) is 0 Å². The topological polar surface area (TPSA) is 9.86 Å². The zero-order valence-corrected chi connectivity index (χ0v) is 33.0. The lowest BCUT2D eigenvalue weighted by Crippen LogP contribution is -2.14. The summed E-state index contributed by atoms with van der Waals surface area (Å²) in [4.78, 5) is 0. The zero-order chi connectivity index (χ0) is 39.2. The third kappa shape index (κ3) is 5.13. The molecule has 12 rings (SSSR count). The first kappa shape index (κ1) is 33.7. The van der Waals surface area contributed by atoms with Crippen molar-refractivity contribution in [2.24, 2.45) is 0 Å². The van der Waals surface area contributed by atoms with E-state index in [9.17, 15) is 0 Å². The van der Waals surface area contributed by atoms with E-state index in [0.717, 1.165) is 11.4 Å². The van der Waals surface area contributed by atoms with Crippen LogP contribution in [0.2, 0.25) is 0 Å². The number of nitrogens with zero attached hydrogens (tertiary/aromatic N) is 2. The Hall–Kier alpha value is -7.42. The van der Waals surface area contributed by atoms with Gasteiger partial charge in [0.1, 0.15) is 0 Å². The van der Waals surface area contributed by atoms with Crippen LogP contribution >= 0.6 is 0 Å². The third-order valence-electron chi connectivity index (χ3n) is 12.9. The van der Waals surface area contributed by atoms with Gasteiger partial charge in [0.2, 0.25) is 0 Å². The van der Waals surface area contributed by atoms with Crippen LogP contribution in [0.25, 0.3) is 99.5 Å². The molecule has 11 aromatic rings. The summed E-state index contributed by atoms with van der Waals surface area (Å²) in [6.45, 7) is 4.72. The molecule has 2 heteroatoms. The summed E-state index contributed by atoms with van der Waals surface area (Å²) in [5, 5.41) is 5.09. The van der Waals surface area contributed by atoms with Crippen molar-refractivity contribution in [1.29, 1.82) is 0 Å². The largest absolute Gasteiger partial charge is 0.309 e. The van der Waals surface area contributed by atoms with Crippen molar-refractivity contribution in [3.05, 3.63) is 217 Å². The standard InChI is InChI=1S/C57H40N2/c1-57(2)51-18-8-3-13-45(51)46-32-27-39(36-52(46)57)42-34-40(37-23-28-43(29-24-37)58-53-19-9-4-14-47(53)48-15-5-10-20-54(48)58)33-41(35-42)38-25-30-44(31-26-38)59-55-21-11-6-16-49(55)50-17-7-12-22-56(50)59/h3-36H,1-2H3. The molecule has 0 amide bonds. The van der Waals surface area contributed by atoms with E-state index in [4.69, 9.17) is 0 Å². The highest BCUT2D eigenvalue weighted by atomic mass is 15.0. The van der Waals surface area contributed by atoms with Crippen molar-refractivity contribution in [2.45, 2.75) is 19.3 Å². The minimum atomic E-state index is -0.0757. The first-order chi connectivity index (χ1) is 29.0. The minimum absolute atomic E-state index is 0.0757. The molecule has 0 saturated carbocycles. The van der Waals surface area contributed by atoms with E-state index >= 15 is 0 Å². The van der Waals surface area contributed by atoms with Gasteiger partial charge < -0.3 is 9.13 Å². The Morgan fingerprint density at radius 1 is 0.288 bits per heavy atom. The summed E-state index contributed by atoms with van der Waals surface area (Å²) >= 11 is 0. The fourth-order valence-electron chi connectivity index (χ4n) is 10.0. The van der Waals surface area contributed by atoms with Crippen molar-refractivity contribution in [2.75, 3.05) is 0 Å². The maximum Gasteiger partial charge on any atom is 0.0541 e. The van der Waals surface area contributed by atoms with E-state index in [1.54, 1.807) is 0 Å². The average molecular weight is 753 g/mol. The van der Waals surface area contributed by atoms with Crippen LogP contribution in [0.1, 0.15) is 25.0 Å². The Bertz CT molecular complexity index is 3170. The number of para-hydroxylation sites is 4. The summed E-state index contributed by atoms with van der Waals surface area (Å²) in [7, 11) is 0. The first-order valence-electron chi connectivity index (χ1n) is 20.6. The summed E-state index contributed by atoms with van der Waals surface area (Å²) in [6, 6.07) is 76.2. The quantitative estimate of drug-likeness (QED) is 0.166. The van der Waals surface area contributed by atoms with Crippen LogP contribution in [-0.4, -0.2) is 9.13 Å². The Morgan fingerprint density at radius 2 is 0.644 bits per heavy atom. The highest BCUT2D eigenvalue weighted by Gasteiger charge is 2.35. The van der Waals surface area contributed by atoms with Gasteiger partial charge in [-0.2, -0.15) is 0 Å². The molecule has 2 nitrogen and oxygen atoms in total. The van der Waals surface area contributed by atoms with E-state index < -0.39 is 0 Å². The highest BCUT2D eigenvalue weighted by Crippen LogP contribution is 2.50. The van der Waals surface area contributed by atoms with Gasteiger partial charge in [0, 0.05) is 38.3 Å². The van der Waals surface area contributed by atoms with E-state index in [1.807, 2.05) is 0 Å². The third-order valence-corrected chi connectivity index (χ3v) is 12.9. The second-order valence-electron chi connectivity index (χ2n) is 16.6. The van der Waals surface area contributed by atoms with Gasteiger partial charge >= 0.3 is 0 Å². The second-order valence-corrected chi connectivity index (χ2v) is 16.6. The SMILES string of the molecule is CC1(C)c2ccccc2-c2ccc(-c3cc(-c4ccc(-n5c6ccccc6c6ccccc65)cc4)cc(-c4ccc(-n5c6ccccc6c6ccccc65)cc4)c3)cc21. The molecule has 0 bridgehead atoms. The molecule has 0 unspecified atom stereocenters. The highest BCUT2D eigenvalue weighted by molar-refractivity contribution is 6.10. The van der Waals surface area contributed by atoms with E-state index in [-0.39, 0.29) is 5.41 Å². The zero-order valence-electron chi connectivity index (χ0n) is 33.0. The number of hydrogen-bond donors (Lipinski definition) is 0. The molecule has 9 aromatic carbocycles.